The summed E-state index contributed by atoms with van der Waals surface area (Å²) in [6.45, 7) is 2.06. The van der Waals surface area contributed by atoms with Crippen molar-refractivity contribution < 1.29 is 0 Å². The molecule has 0 spiro atoms. The highest BCUT2D eigenvalue weighted by molar-refractivity contribution is 7.00. The van der Waals surface area contributed by atoms with E-state index in [1.54, 1.807) is 0 Å². The Labute approximate surface area is 229 Å². The van der Waals surface area contributed by atoms with Gasteiger partial charge in [0.05, 0.1) is 17.9 Å². The van der Waals surface area contributed by atoms with Crippen molar-refractivity contribution in [3.8, 4) is 0 Å². The van der Waals surface area contributed by atoms with Gasteiger partial charge >= 0.3 is 0 Å². The van der Waals surface area contributed by atoms with Crippen molar-refractivity contribution >= 4 is 62.9 Å². The highest BCUT2D eigenvalue weighted by Crippen LogP contribution is 2.50. The van der Waals surface area contributed by atoms with E-state index in [4.69, 9.17) is 0 Å². The minimum Gasteiger partial charge on any atom is -0.369 e. The topological polar surface area (TPSA) is 13.0 Å². The van der Waals surface area contributed by atoms with Gasteiger partial charge in [-0.2, -0.15) is 0 Å². The number of rotatable bonds is 2. The van der Waals surface area contributed by atoms with Crippen molar-refractivity contribution in [3.63, 3.8) is 0 Å². The van der Waals surface area contributed by atoms with Crippen LogP contribution in [0.25, 0.3) is 0 Å². The monoisotopic (exact) mass is 502 g/mol. The van der Waals surface area contributed by atoms with Crippen molar-refractivity contribution in [1.82, 2.24) is 0 Å². The number of likely N-dealkylation sites (N-methyl/N-ethyl adjacent to an activating group) is 1. The molecular weight excluding hydrogens is 475 g/mol. The SMILES string of the molecule is CN1CC2N(c3ccccc3)Cc3cccc4c3N2c2c1ccc1c2B4c2ccccc2N1c1ccccc1. The van der Waals surface area contributed by atoms with Crippen molar-refractivity contribution in [3.05, 3.63) is 121 Å². The maximum absolute atomic E-state index is 2.68. The van der Waals surface area contributed by atoms with Crippen molar-refractivity contribution in [1.29, 1.82) is 0 Å². The average Bonchev–Trinajstić information content (AvgIpc) is 3.00. The van der Waals surface area contributed by atoms with Crippen LogP contribution in [0.15, 0.2) is 115 Å². The molecule has 1 unspecified atom stereocenters. The second kappa shape index (κ2) is 7.70. The van der Waals surface area contributed by atoms with Gasteiger partial charge in [-0.05, 0) is 64.4 Å². The maximum Gasteiger partial charge on any atom is 0.252 e. The van der Waals surface area contributed by atoms with E-state index in [9.17, 15) is 0 Å². The van der Waals surface area contributed by atoms with Gasteiger partial charge in [0, 0.05) is 42.0 Å². The van der Waals surface area contributed by atoms with E-state index >= 15 is 0 Å². The van der Waals surface area contributed by atoms with Gasteiger partial charge in [-0.1, -0.05) is 72.8 Å². The Morgan fingerprint density at radius 1 is 0.615 bits per heavy atom. The van der Waals surface area contributed by atoms with Gasteiger partial charge in [0.25, 0.3) is 6.71 Å². The third kappa shape index (κ3) is 2.74. The largest absolute Gasteiger partial charge is 0.369 e. The lowest BCUT2D eigenvalue weighted by molar-refractivity contribution is 0.554. The molecule has 0 fully saturated rings. The predicted octanol–water partition coefficient (Wildman–Crippen LogP) is 5.23. The fourth-order valence-corrected chi connectivity index (χ4v) is 7.54. The Morgan fingerprint density at radius 2 is 1.31 bits per heavy atom. The Morgan fingerprint density at radius 3 is 2.13 bits per heavy atom. The van der Waals surface area contributed by atoms with Crippen molar-refractivity contribution in [2.24, 2.45) is 0 Å². The molecule has 9 rings (SSSR count). The van der Waals surface area contributed by atoms with E-state index in [1.165, 1.54) is 61.8 Å². The number of para-hydroxylation sites is 4. The zero-order valence-electron chi connectivity index (χ0n) is 21.8. The van der Waals surface area contributed by atoms with E-state index in [-0.39, 0.29) is 12.9 Å². The van der Waals surface area contributed by atoms with Crippen LogP contribution in [0.5, 0.6) is 0 Å². The molecule has 0 bridgehead atoms. The Balaban J connectivity index is 1.38. The minimum atomic E-state index is 0.202. The molecule has 0 radical (unpaired) electrons. The summed E-state index contributed by atoms with van der Waals surface area (Å²) < 4.78 is 0. The Kier molecular flexibility index (Phi) is 4.21. The van der Waals surface area contributed by atoms with Crippen LogP contribution in [0.2, 0.25) is 0 Å². The number of anilines is 7. The van der Waals surface area contributed by atoms with Gasteiger partial charge in [-0.3, -0.25) is 0 Å². The highest BCUT2D eigenvalue weighted by atomic mass is 15.4. The molecule has 0 N–H and O–H groups in total. The molecular formula is C34H27BN4. The van der Waals surface area contributed by atoms with Gasteiger partial charge in [-0.15, -0.1) is 0 Å². The number of nitrogens with zero attached hydrogens (tertiary/aromatic N) is 4. The molecule has 186 valence electrons. The molecule has 4 aliphatic heterocycles. The molecule has 0 saturated heterocycles. The standard InChI is InChI=1S/C34H27BN4/c1-36-22-31-37(24-12-4-2-5-13-24)21-23-11-10-17-27-33(23)39(31)34-30(36)20-19-29-32(34)35(27)26-16-8-9-18-28(26)38(29)25-14-6-3-7-15-25/h2-20,31H,21-22H2,1H3. The first-order valence-electron chi connectivity index (χ1n) is 13.8. The van der Waals surface area contributed by atoms with Crippen LogP contribution in [-0.2, 0) is 6.54 Å². The summed E-state index contributed by atoms with van der Waals surface area (Å²) in [6.07, 6.45) is 0.216. The van der Waals surface area contributed by atoms with Crippen LogP contribution in [0.3, 0.4) is 0 Å². The van der Waals surface area contributed by atoms with Crippen LogP contribution in [0, 0.1) is 0 Å². The van der Waals surface area contributed by atoms with Crippen LogP contribution in [-0.4, -0.2) is 26.5 Å². The maximum atomic E-state index is 2.68. The van der Waals surface area contributed by atoms with Gasteiger partial charge in [0.2, 0.25) is 0 Å². The van der Waals surface area contributed by atoms with Gasteiger partial charge in [0.15, 0.2) is 0 Å². The number of hydrogen-bond donors (Lipinski definition) is 0. The molecule has 39 heavy (non-hydrogen) atoms. The predicted molar refractivity (Wildman–Crippen MR) is 164 cm³/mol. The van der Waals surface area contributed by atoms with E-state index in [0.29, 0.717) is 0 Å². The Hall–Kier alpha value is -4.64. The number of fused-ring (bicyclic) bond motifs is 3. The molecule has 0 amide bonds. The minimum absolute atomic E-state index is 0.202. The van der Waals surface area contributed by atoms with Crippen LogP contribution < -0.4 is 36.0 Å². The van der Waals surface area contributed by atoms with Crippen LogP contribution in [0.4, 0.5) is 39.8 Å². The molecule has 0 aromatic heterocycles. The lowest BCUT2D eigenvalue weighted by atomic mass is 9.33. The van der Waals surface area contributed by atoms with Crippen molar-refractivity contribution in [2.45, 2.75) is 12.7 Å². The van der Waals surface area contributed by atoms with Gasteiger partial charge < -0.3 is 19.6 Å². The number of hydrogen-bond acceptors (Lipinski definition) is 4. The van der Waals surface area contributed by atoms with E-state index < -0.39 is 0 Å². The summed E-state index contributed by atoms with van der Waals surface area (Å²) in [6, 6.07) is 42.5. The second-order valence-corrected chi connectivity index (χ2v) is 11.1. The zero-order chi connectivity index (χ0) is 25.7. The zero-order valence-corrected chi connectivity index (χ0v) is 21.8. The quantitative estimate of drug-likeness (QED) is 0.301. The number of benzene rings is 5. The molecule has 0 aliphatic carbocycles. The fourth-order valence-electron chi connectivity index (χ4n) is 7.54. The lowest BCUT2D eigenvalue weighted by Crippen LogP contribution is -2.68. The molecule has 4 heterocycles. The second-order valence-electron chi connectivity index (χ2n) is 11.1. The highest BCUT2D eigenvalue weighted by Gasteiger charge is 2.50. The summed E-state index contributed by atoms with van der Waals surface area (Å²) in [5.74, 6) is 0. The average molecular weight is 502 g/mol. The molecule has 4 aliphatic rings. The third-order valence-corrected chi connectivity index (χ3v) is 9.08. The van der Waals surface area contributed by atoms with E-state index in [1.807, 2.05) is 0 Å². The molecule has 1 atom stereocenters. The first kappa shape index (κ1) is 21.3. The Bertz CT molecular complexity index is 1770. The first-order valence-corrected chi connectivity index (χ1v) is 13.8. The van der Waals surface area contributed by atoms with Gasteiger partial charge in [0.1, 0.15) is 6.17 Å². The summed E-state index contributed by atoms with van der Waals surface area (Å²) >= 11 is 0. The van der Waals surface area contributed by atoms with Crippen molar-refractivity contribution in [2.75, 3.05) is 33.2 Å². The van der Waals surface area contributed by atoms with Crippen LogP contribution in [0.1, 0.15) is 5.56 Å². The summed E-state index contributed by atoms with van der Waals surface area (Å²) in [5, 5.41) is 0. The van der Waals surface area contributed by atoms with Gasteiger partial charge in [-0.25, -0.2) is 0 Å². The molecule has 5 aromatic rings. The molecule has 5 aromatic carbocycles. The van der Waals surface area contributed by atoms with Crippen LogP contribution >= 0.6 is 0 Å². The summed E-state index contributed by atoms with van der Waals surface area (Å²) in [5.41, 5.74) is 14.8. The lowest BCUT2D eigenvalue weighted by Gasteiger charge is -2.56. The molecule has 4 nitrogen and oxygen atoms in total. The smallest absolute Gasteiger partial charge is 0.252 e. The normalized spacial score (nSPS) is 17.7. The molecule has 5 heteroatoms. The van der Waals surface area contributed by atoms with E-state index in [0.717, 1.165) is 13.1 Å². The molecule has 0 saturated carbocycles. The first-order chi connectivity index (χ1) is 19.3. The fraction of sp³-hybridized carbons (Fsp3) is 0.118. The van der Waals surface area contributed by atoms with E-state index in [2.05, 4.69) is 142 Å². The third-order valence-electron chi connectivity index (χ3n) is 9.08. The summed E-state index contributed by atoms with van der Waals surface area (Å²) in [7, 11) is 2.26. The summed E-state index contributed by atoms with van der Waals surface area (Å²) in [4.78, 5) is 10.2.